The fourth-order valence-electron chi connectivity index (χ4n) is 3.83. The van der Waals surface area contributed by atoms with Crippen LogP contribution in [0.5, 0.6) is 5.75 Å². The predicted octanol–water partition coefficient (Wildman–Crippen LogP) is 1.30. The van der Waals surface area contributed by atoms with E-state index in [1.807, 2.05) is 11.8 Å². The number of carbonyl (C=O) groups is 2. The van der Waals surface area contributed by atoms with Gasteiger partial charge in [0.15, 0.2) is 11.6 Å². The van der Waals surface area contributed by atoms with E-state index in [0.717, 1.165) is 24.5 Å². The zero-order valence-corrected chi connectivity index (χ0v) is 18.2. The Morgan fingerprint density at radius 2 is 1.68 bits per heavy atom. The monoisotopic (exact) mass is 468 g/mol. The molecule has 12 heteroatoms. The van der Waals surface area contributed by atoms with Crippen molar-refractivity contribution >= 4 is 29.4 Å². The van der Waals surface area contributed by atoms with E-state index in [1.165, 1.54) is 0 Å². The summed E-state index contributed by atoms with van der Waals surface area (Å²) in [4.78, 5) is 41.1. The highest BCUT2D eigenvalue weighted by Crippen LogP contribution is 2.36. The smallest absolute Gasteiger partial charge is 0.412 e. The number of para-hydroxylation sites is 2. The highest BCUT2D eigenvalue weighted by Gasteiger charge is 2.52. The Bertz CT molecular complexity index is 1140. The second-order valence-electron chi connectivity index (χ2n) is 7.79. The average molecular weight is 468 g/mol. The largest absolute Gasteiger partial charge is 0.486 e. The molecule has 1 fully saturated rings. The number of piperazine rings is 1. The quantitative estimate of drug-likeness (QED) is 0.660. The van der Waals surface area contributed by atoms with Crippen molar-refractivity contribution in [1.82, 2.24) is 14.9 Å². The maximum atomic E-state index is 13.1. The van der Waals surface area contributed by atoms with E-state index >= 15 is 0 Å². The molecule has 1 saturated heterocycles. The van der Waals surface area contributed by atoms with Gasteiger partial charge in [-0.25, -0.2) is 28.9 Å². The van der Waals surface area contributed by atoms with Crippen molar-refractivity contribution in [2.75, 3.05) is 36.4 Å². The Kier molecular flexibility index (Phi) is 5.57. The van der Waals surface area contributed by atoms with Crippen LogP contribution in [0.25, 0.3) is 0 Å². The standard InChI is InChI=1S/C22H21FN6O5/c1-14(28-8-10-29(11-9-28)21-24-12-15(23)13-25-21)26-20-22(33-18(30)6-7-19(31)34-22)32-17-5-3-2-4-16(17)27-20/h2-7,12-14H,8-11H2,1H3,(H,26,27). The molecular weight excluding hydrogens is 447 g/mol. The van der Waals surface area contributed by atoms with E-state index in [4.69, 9.17) is 14.2 Å². The third-order valence-electron chi connectivity index (χ3n) is 5.55. The molecule has 5 rings (SSSR count). The molecule has 176 valence electrons. The van der Waals surface area contributed by atoms with Crippen molar-refractivity contribution in [2.45, 2.75) is 19.1 Å². The first-order valence-electron chi connectivity index (χ1n) is 10.7. The van der Waals surface area contributed by atoms with E-state index in [9.17, 15) is 14.0 Å². The lowest BCUT2D eigenvalue weighted by molar-refractivity contribution is -0.264. The number of nitrogens with one attached hydrogen (secondary N) is 1. The summed E-state index contributed by atoms with van der Waals surface area (Å²) in [5.74, 6) is -3.44. The summed E-state index contributed by atoms with van der Waals surface area (Å²) in [5.41, 5.74) is 0.585. The number of carbonyl (C=O) groups excluding carboxylic acids is 2. The number of rotatable bonds is 3. The fraction of sp³-hybridized carbons (Fsp3) is 0.318. The molecular formula is C22H21FN6O5. The fourth-order valence-corrected chi connectivity index (χ4v) is 3.83. The lowest BCUT2D eigenvalue weighted by Crippen LogP contribution is -2.57. The molecule has 1 atom stereocenters. The molecule has 1 N–H and O–H groups in total. The molecule has 2 aromatic rings. The second kappa shape index (κ2) is 8.71. The van der Waals surface area contributed by atoms with E-state index in [-0.39, 0.29) is 5.84 Å². The maximum Gasteiger partial charge on any atom is 0.486 e. The van der Waals surface area contributed by atoms with Crippen molar-refractivity contribution < 1.29 is 28.2 Å². The summed E-state index contributed by atoms with van der Waals surface area (Å²) in [6, 6.07) is 6.96. The zero-order chi connectivity index (χ0) is 23.7. The SMILES string of the molecule is CC(/N=C1\Nc2ccccc2OC12OC(=O)C=CC(=O)O2)N1CCN(c2ncc(F)cn2)CC1. The topological polar surface area (TPSA) is 118 Å². The number of benzene rings is 1. The molecule has 3 aliphatic heterocycles. The van der Waals surface area contributed by atoms with Crippen molar-refractivity contribution in [3.63, 3.8) is 0 Å². The van der Waals surface area contributed by atoms with Crippen LogP contribution < -0.4 is 15.0 Å². The van der Waals surface area contributed by atoms with E-state index < -0.39 is 29.9 Å². The molecule has 0 saturated carbocycles. The van der Waals surface area contributed by atoms with Crippen LogP contribution >= 0.6 is 0 Å². The summed E-state index contributed by atoms with van der Waals surface area (Å²) in [7, 11) is 0. The number of aromatic nitrogens is 2. The molecule has 0 bridgehead atoms. The summed E-state index contributed by atoms with van der Waals surface area (Å²) in [6.07, 6.45) is 3.83. The third-order valence-corrected chi connectivity index (χ3v) is 5.55. The van der Waals surface area contributed by atoms with Gasteiger partial charge in [0.25, 0.3) is 0 Å². The Balaban J connectivity index is 1.37. The number of hydrogen-bond donors (Lipinski definition) is 1. The van der Waals surface area contributed by atoms with Crippen LogP contribution in [-0.4, -0.2) is 71.0 Å². The van der Waals surface area contributed by atoms with Gasteiger partial charge in [-0.2, -0.15) is 0 Å². The molecule has 0 radical (unpaired) electrons. The molecule has 0 aliphatic carbocycles. The highest BCUT2D eigenvalue weighted by molar-refractivity contribution is 6.06. The first kappa shape index (κ1) is 21.8. The normalized spacial score (nSPS) is 21.7. The number of hydrogen-bond acceptors (Lipinski definition) is 10. The van der Waals surface area contributed by atoms with Crippen molar-refractivity contribution in [3.8, 4) is 5.75 Å². The number of aliphatic imine (C=N–C) groups is 1. The zero-order valence-electron chi connectivity index (χ0n) is 18.2. The summed E-state index contributed by atoms with van der Waals surface area (Å²) >= 11 is 0. The van der Waals surface area contributed by atoms with Gasteiger partial charge in [0.1, 0.15) is 6.17 Å². The summed E-state index contributed by atoms with van der Waals surface area (Å²) in [5, 5.41) is 3.09. The van der Waals surface area contributed by atoms with Gasteiger partial charge in [-0.15, -0.1) is 0 Å². The molecule has 11 nitrogen and oxygen atoms in total. The van der Waals surface area contributed by atoms with Gasteiger partial charge in [0.2, 0.25) is 11.8 Å². The van der Waals surface area contributed by atoms with E-state index in [0.29, 0.717) is 43.6 Å². The maximum absolute atomic E-state index is 13.1. The van der Waals surface area contributed by atoms with Gasteiger partial charge >= 0.3 is 17.9 Å². The van der Waals surface area contributed by atoms with Crippen LogP contribution in [0.2, 0.25) is 0 Å². The summed E-state index contributed by atoms with van der Waals surface area (Å²) in [6.45, 7) is 4.30. The van der Waals surface area contributed by atoms with Crippen LogP contribution in [0, 0.1) is 5.82 Å². The van der Waals surface area contributed by atoms with Gasteiger partial charge in [-0.1, -0.05) is 12.1 Å². The predicted molar refractivity (Wildman–Crippen MR) is 117 cm³/mol. The number of amidine groups is 1. The van der Waals surface area contributed by atoms with Crippen molar-refractivity contribution in [2.24, 2.45) is 4.99 Å². The molecule has 1 spiro atoms. The van der Waals surface area contributed by atoms with E-state index in [2.05, 4.69) is 25.2 Å². The molecule has 1 unspecified atom stereocenters. The van der Waals surface area contributed by atoms with Gasteiger partial charge in [0.05, 0.1) is 18.1 Å². The second-order valence-corrected chi connectivity index (χ2v) is 7.79. The van der Waals surface area contributed by atoms with Crippen LogP contribution in [0.15, 0.2) is 53.8 Å². The lowest BCUT2D eigenvalue weighted by atomic mass is 10.2. The average Bonchev–Trinajstić information content (AvgIpc) is 2.98. The lowest BCUT2D eigenvalue weighted by Gasteiger charge is -2.39. The molecule has 1 aromatic heterocycles. The molecule has 1 aromatic carbocycles. The number of halogens is 1. The molecule has 34 heavy (non-hydrogen) atoms. The van der Waals surface area contributed by atoms with Crippen molar-refractivity contribution in [1.29, 1.82) is 0 Å². The third kappa shape index (κ3) is 4.27. The van der Waals surface area contributed by atoms with Crippen LogP contribution in [-0.2, 0) is 19.1 Å². The first-order chi connectivity index (χ1) is 16.4. The van der Waals surface area contributed by atoms with Gasteiger partial charge in [-0.05, 0) is 19.1 Å². The Morgan fingerprint density at radius 3 is 2.35 bits per heavy atom. The highest BCUT2D eigenvalue weighted by atomic mass is 19.1. The molecule has 0 amide bonds. The molecule has 3 aliphatic rings. The van der Waals surface area contributed by atoms with Gasteiger partial charge in [-0.3, -0.25) is 4.90 Å². The number of nitrogens with zero attached hydrogens (tertiary/aromatic N) is 5. The Hall–Kier alpha value is -4.06. The van der Waals surface area contributed by atoms with Crippen LogP contribution in [0.1, 0.15) is 6.92 Å². The molecule has 4 heterocycles. The Labute approximate surface area is 193 Å². The number of ether oxygens (including phenoxy) is 3. The number of anilines is 2. The first-order valence-corrected chi connectivity index (χ1v) is 10.7. The number of esters is 2. The minimum Gasteiger partial charge on any atom is -0.412 e. The minimum atomic E-state index is -2.18. The van der Waals surface area contributed by atoms with Crippen molar-refractivity contribution in [3.05, 3.63) is 54.6 Å². The van der Waals surface area contributed by atoms with Gasteiger partial charge in [0, 0.05) is 38.3 Å². The Morgan fingerprint density at radius 1 is 1.03 bits per heavy atom. The minimum absolute atomic E-state index is 0.0356. The van der Waals surface area contributed by atoms with Crippen LogP contribution in [0.4, 0.5) is 16.0 Å². The van der Waals surface area contributed by atoms with E-state index in [1.54, 1.807) is 24.3 Å². The van der Waals surface area contributed by atoms with Crippen LogP contribution in [0.3, 0.4) is 0 Å². The van der Waals surface area contributed by atoms with Gasteiger partial charge < -0.3 is 24.4 Å². The number of fused-ring (bicyclic) bond motifs is 1. The summed E-state index contributed by atoms with van der Waals surface area (Å²) < 4.78 is 29.8.